The van der Waals surface area contributed by atoms with Gasteiger partial charge in [-0.2, -0.15) is 5.26 Å². The zero-order valence-corrected chi connectivity index (χ0v) is 19.4. The van der Waals surface area contributed by atoms with Gasteiger partial charge in [0, 0.05) is 18.8 Å². The van der Waals surface area contributed by atoms with Crippen molar-refractivity contribution in [3.05, 3.63) is 63.4 Å². The van der Waals surface area contributed by atoms with Gasteiger partial charge in [-0.15, -0.1) is 0 Å². The molecule has 0 unspecified atom stereocenters. The van der Waals surface area contributed by atoms with Gasteiger partial charge >= 0.3 is 0 Å². The zero-order valence-electron chi connectivity index (χ0n) is 17.8. The molecule has 1 amide bonds. The number of benzene rings is 2. The highest BCUT2D eigenvalue weighted by Crippen LogP contribution is 2.22. The van der Waals surface area contributed by atoms with E-state index in [0.29, 0.717) is 46.9 Å². The number of para-hydroxylation sites is 1. The van der Waals surface area contributed by atoms with Gasteiger partial charge in [0.15, 0.2) is 5.16 Å². The molecule has 1 aromatic heterocycles. The molecule has 0 radical (unpaired) electrons. The average molecular weight is 471 g/mol. The number of hydrogen-bond donors (Lipinski definition) is 1. The van der Waals surface area contributed by atoms with Crippen LogP contribution in [-0.4, -0.2) is 33.9 Å². The normalized spacial score (nSPS) is 11.0. The third kappa shape index (κ3) is 6.10. The number of fused-ring (bicyclic) bond motifs is 1. The molecule has 1 heterocycles. The minimum atomic E-state index is -0.270. The molecule has 0 saturated carbocycles. The molecule has 0 atom stereocenters. The van der Waals surface area contributed by atoms with Gasteiger partial charge < -0.3 is 10.1 Å². The first-order chi connectivity index (χ1) is 15.4. The number of rotatable bonds is 9. The van der Waals surface area contributed by atoms with Crippen LogP contribution in [0.4, 0.5) is 5.69 Å². The van der Waals surface area contributed by atoms with Crippen molar-refractivity contribution in [2.24, 2.45) is 0 Å². The molecule has 0 fully saturated rings. The van der Waals surface area contributed by atoms with Crippen LogP contribution in [0.5, 0.6) is 0 Å². The van der Waals surface area contributed by atoms with E-state index in [-0.39, 0.29) is 28.3 Å². The Morgan fingerprint density at radius 1 is 1.31 bits per heavy atom. The summed E-state index contributed by atoms with van der Waals surface area (Å²) in [6.07, 6.45) is 0.774. The number of nitrogens with zero attached hydrogens (tertiary/aromatic N) is 3. The zero-order chi connectivity index (χ0) is 23.1. The van der Waals surface area contributed by atoms with Gasteiger partial charge in [0.05, 0.1) is 33.3 Å². The first-order valence-corrected chi connectivity index (χ1v) is 11.5. The van der Waals surface area contributed by atoms with Crippen molar-refractivity contribution >= 4 is 45.9 Å². The second kappa shape index (κ2) is 11.1. The topological polar surface area (TPSA) is 97.0 Å². The minimum Gasteiger partial charge on any atom is -0.379 e. The maximum absolute atomic E-state index is 13.0. The van der Waals surface area contributed by atoms with Crippen LogP contribution in [0.2, 0.25) is 5.02 Å². The van der Waals surface area contributed by atoms with Gasteiger partial charge in [-0.25, -0.2) is 4.98 Å². The summed E-state index contributed by atoms with van der Waals surface area (Å²) in [6.45, 7) is 4.90. The Labute approximate surface area is 195 Å². The Balaban J connectivity index is 1.75. The number of ether oxygens (including phenoxy) is 1. The first-order valence-electron chi connectivity index (χ1n) is 10.1. The van der Waals surface area contributed by atoms with E-state index in [1.165, 1.54) is 17.8 Å². The molecule has 2 aromatic carbocycles. The van der Waals surface area contributed by atoms with E-state index < -0.39 is 0 Å². The third-order valence-electron chi connectivity index (χ3n) is 4.51. The summed E-state index contributed by atoms with van der Waals surface area (Å²) in [7, 11) is 0. The molecule has 0 spiro atoms. The molecular weight excluding hydrogens is 448 g/mol. The Morgan fingerprint density at radius 3 is 2.81 bits per heavy atom. The highest BCUT2D eigenvalue weighted by Gasteiger charge is 2.14. The largest absolute Gasteiger partial charge is 0.379 e. The lowest BCUT2D eigenvalue weighted by atomic mass is 10.2. The molecule has 3 rings (SSSR count). The van der Waals surface area contributed by atoms with Crippen molar-refractivity contribution < 1.29 is 9.53 Å². The highest BCUT2D eigenvalue weighted by molar-refractivity contribution is 7.99. The Bertz CT molecular complexity index is 1220. The fourth-order valence-electron chi connectivity index (χ4n) is 3.01. The van der Waals surface area contributed by atoms with E-state index in [1.807, 2.05) is 26.0 Å². The molecule has 7 nitrogen and oxygen atoms in total. The number of aromatic nitrogens is 2. The highest BCUT2D eigenvalue weighted by atomic mass is 35.5. The van der Waals surface area contributed by atoms with E-state index in [4.69, 9.17) is 21.6 Å². The van der Waals surface area contributed by atoms with Crippen LogP contribution >= 0.6 is 23.4 Å². The van der Waals surface area contributed by atoms with Crippen molar-refractivity contribution in [3.63, 3.8) is 0 Å². The molecule has 32 heavy (non-hydrogen) atoms. The van der Waals surface area contributed by atoms with Crippen molar-refractivity contribution in [1.29, 1.82) is 5.26 Å². The molecule has 0 aliphatic carbocycles. The lowest BCUT2D eigenvalue weighted by Gasteiger charge is -2.14. The van der Waals surface area contributed by atoms with Crippen LogP contribution in [-0.2, 0) is 16.1 Å². The van der Waals surface area contributed by atoms with E-state index in [2.05, 4.69) is 10.3 Å². The van der Waals surface area contributed by atoms with Crippen LogP contribution in [0.3, 0.4) is 0 Å². The molecule has 1 N–H and O–H groups in total. The monoisotopic (exact) mass is 470 g/mol. The lowest BCUT2D eigenvalue weighted by molar-refractivity contribution is -0.113. The minimum absolute atomic E-state index is 0.0604. The first kappa shape index (κ1) is 23.8. The van der Waals surface area contributed by atoms with Gasteiger partial charge in [0.25, 0.3) is 5.56 Å². The smallest absolute Gasteiger partial charge is 0.262 e. The van der Waals surface area contributed by atoms with Crippen LogP contribution < -0.4 is 10.9 Å². The number of carbonyl (C=O) groups is 1. The SMILES string of the molecule is CC(C)OCCCn1c(SCC(=O)Nc2ccc(C#N)c(Cl)c2)nc2ccccc2c1=O. The van der Waals surface area contributed by atoms with Gasteiger partial charge in [0.2, 0.25) is 5.91 Å². The van der Waals surface area contributed by atoms with E-state index >= 15 is 0 Å². The number of nitriles is 1. The molecular formula is C23H23ClN4O3S. The van der Waals surface area contributed by atoms with Crippen molar-refractivity contribution in [2.45, 2.75) is 38.1 Å². The van der Waals surface area contributed by atoms with Crippen molar-refractivity contribution in [1.82, 2.24) is 9.55 Å². The maximum Gasteiger partial charge on any atom is 0.262 e. The molecule has 166 valence electrons. The number of amides is 1. The summed E-state index contributed by atoms with van der Waals surface area (Å²) < 4.78 is 7.18. The van der Waals surface area contributed by atoms with Crippen LogP contribution in [0.1, 0.15) is 25.8 Å². The quantitative estimate of drug-likeness (QED) is 0.281. The predicted octanol–water partition coefficient (Wildman–Crippen LogP) is 4.47. The van der Waals surface area contributed by atoms with Crippen LogP contribution in [0.15, 0.2) is 52.4 Å². The average Bonchev–Trinajstić information content (AvgIpc) is 2.76. The summed E-state index contributed by atoms with van der Waals surface area (Å²) in [4.78, 5) is 30.1. The number of thioether (sulfide) groups is 1. The van der Waals surface area contributed by atoms with Crippen molar-refractivity contribution in [3.8, 4) is 6.07 Å². The lowest BCUT2D eigenvalue weighted by Crippen LogP contribution is -2.25. The summed E-state index contributed by atoms with van der Waals surface area (Å²) in [5.74, 6) is -0.210. The fraction of sp³-hybridized carbons (Fsp3) is 0.304. The van der Waals surface area contributed by atoms with Gasteiger partial charge in [-0.3, -0.25) is 14.2 Å². The van der Waals surface area contributed by atoms with Gasteiger partial charge in [0.1, 0.15) is 6.07 Å². The molecule has 9 heteroatoms. The van der Waals surface area contributed by atoms with Crippen molar-refractivity contribution in [2.75, 3.05) is 17.7 Å². The molecule has 3 aromatic rings. The van der Waals surface area contributed by atoms with E-state index in [0.717, 1.165) is 0 Å². The molecule has 0 aliphatic heterocycles. The number of carbonyl (C=O) groups excluding carboxylic acids is 1. The molecule has 0 aliphatic rings. The number of nitrogens with one attached hydrogen (secondary N) is 1. The Kier molecular flexibility index (Phi) is 8.28. The summed E-state index contributed by atoms with van der Waals surface area (Å²) in [6, 6.07) is 13.8. The van der Waals surface area contributed by atoms with Gasteiger partial charge in [-0.1, -0.05) is 35.5 Å². The summed E-state index contributed by atoms with van der Waals surface area (Å²) in [5, 5.41) is 13.0. The summed E-state index contributed by atoms with van der Waals surface area (Å²) >= 11 is 7.22. The predicted molar refractivity (Wildman–Crippen MR) is 127 cm³/mol. The van der Waals surface area contributed by atoms with E-state index in [1.54, 1.807) is 34.9 Å². The summed E-state index contributed by atoms with van der Waals surface area (Å²) in [5.41, 5.74) is 1.29. The number of hydrogen-bond acceptors (Lipinski definition) is 6. The third-order valence-corrected chi connectivity index (χ3v) is 5.80. The number of anilines is 1. The molecule has 0 bridgehead atoms. The second-order valence-electron chi connectivity index (χ2n) is 7.28. The second-order valence-corrected chi connectivity index (χ2v) is 8.63. The van der Waals surface area contributed by atoms with Crippen LogP contribution in [0.25, 0.3) is 10.9 Å². The Morgan fingerprint density at radius 2 is 2.09 bits per heavy atom. The number of halogens is 1. The Hall–Kier alpha value is -2.86. The maximum atomic E-state index is 13.0. The van der Waals surface area contributed by atoms with E-state index in [9.17, 15) is 9.59 Å². The standard InChI is InChI=1S/C23H23ClN4O3S/c1-15(2)31-11-5-10-28-22(30)18-6-3-4-7-20(18)27-23(28)32-14-21(29)26-17-9-8-16(13-25)19(24)12-17/h3-4,6-9,12,15H,5,10-11,14H2,1-2H3,(H,26,29). The molecule has 0 saturated heterocycles. The fourth-order valence-corrected chi connectivity index (χ4v) is 4.06. The van der Waals surface area contributed by atoms with Gasteiger partial charge in [-0.05, 0) is 50.6 Å². The van der Waals surface area contributed by atoms with Crippen LogP contribution in [0, 0.1) is 11.3 Å².